The summed E-state index contributed by atoms with van der Waals surface area (Å²) in [6, 6.07) is 6.89. The second kappa shape index (κ2) is 7.76. The molecule has 6 nitrogen and oxygen atoms in total. The van der Waals surface area contributed by atoms with Gasteiger partial charge in [-0.3, -0.25) is 4.79 Å². The molecule has 4 aliphatic rings. The molecule has 0 atom stereocenters. The van der Waals surface area contributed by atoms with Gasteiger partial charge in [0.1, 0.15) is 0 Å². The predicted molar refractivity (Wildman–Crippen MR) is 112 cm³/mol. The van der Waals surface area contributed by atoms with Crippen molar-refractivity contribution in [3.8, 4) is 0 Å². The highest BCUT2D eigenvalue weighted by Crippen LogP contribution is 2.43. The number of benzene rings is 1. The smallest absolute Gasteiger partial charge is 0.260 e. The van der Waals surface area contributed by atoms with Crippen molar-refractivity contribution < 1.29 is 9.53 Å². The summed E-state index contributed by atoms with van der Waals surface area (Å²) in [5.41, 5.74) is 5.45. The summed E-state index contributed by atoms with van der Waals surface area (Å²) in [4.78, 5) is 18.2. The summed E-state index contributed by atoms with van der Waals surface area (Å²) in [6.07, 6.45) is 5.21. The zero-order chi connectivity index (χ0) is 18.9. The number of nitrogens with one attached hydrogen (secondary N) is 2. The van der Waals surface area contributed by atoms with Crippen LogP contribution >= 0.6 is 0 Å². The molecule has 0 aromatic heterocycles. The Balaban J connectivity index is 1.58. The molecule has 0 spiro atoms. The highest BCUT2D eigenvalue weighted by molar-refractivity contribution is 6.33. The van der Waals surface area contributed by atoms with Gasteiger partial charge in [-0.1, -0.05) is 0 Å². The third-order valence-corrected chi connectivity index (χ3v) is 6.46. The van der Waals surface area contributed by atoms with Crippen molar-refractivity contribution in [1.29, 1.82) is 0 Å². The molecule has 0 radical (unpaired) electrons. The van der Waals surface area contributed by atoms with E-state index >= 15 is 0 Å². The van der Waals surface area contributed by atoms with Gasteiger partial charge < -0.3 is 25.2 Å². The molecule has 150 valence electrons. The minimum absolute atomic E-state index is 0.171. The molecule has 28 heavy (non-hydrogen) atoms. The molecule has 3 saturated heterocycles. The van der Waals surface area contributed by atoms with Crippen LogP contribution in [0.25, 0.3) is 5.57 Å². The number of carbonyl (C=O) groups excluding carboxylic acids is 1. The van der Waals surface area contributed by atoms with Crippen molar-refractivity contribution in [2.75, 3.05) is 55.7 Å². The van der Waals surface area contributed by atoms with Gasteiger partial charge in [0.2, 0.25) is 0 Å². The van der Waals surface area contributed by atoms with Crippen molar-refractivity contribution in [3.05, 3.63) is 29.5 Å². The Morgan fingerprint density at radius 1 is 1.04 bits per heavy atom. The molecule has 4 heterocycles. The molecule has 0 bridgehead atoms. The predicted octanol–water partition coefficient (Wildman–Crippen LogP) is 2.11. The number of hydrogen-bond acceptors (Lipinski definition) is 5. The van der Waals surface area contributed by atoms with Crippen LogP contribution in [0.5, 0.6) is 0 Å². The van der Waals surface area contributed by atoms with Gasteiger partial charge in [-0.2, -0.15) is 0 Å². The van der Waals surface area contributed by atoms with Crippen LogP contribution in [0.4, 0.5) is 11.4 Å². The van der Waals surface area contributed by atoms with E-state index in [-0.39, 0.29) is 11.9 Å². The van der Waals surface area contributed by atoms with Crippen molar-refractivity contribution in [2.45, 2.75) is 38.1 Å². The number of fused-ring (bicyclic) bond motifs is 1. The van der Waals surface area contributed by atoms with Crippen LogP contribution in [-0.2, 0) is 9.53 Å². The van der Waals surface area contributed by atoms with E-state index in [1.165, 1.54) is 18.5 Å². The number of carbonyl (C=O) groups is 1. The van der Waals surface area contributed by atoms with Gasteiger partial charge in [0, 0.05) is 75.3 Å². The molecule has 1 aromatic rings. The zero-order valence-corrected chi connectivity index (χ0v) is 16.5. The standard InChI is InChI=1S/C22H30N4O2/c27-22-21(19-5-8-23-9-10-24-19)18-15-17(25-11-1-2-12-25)3-4-20(18)26(22)16-6-13-28-14-7-16/h3-4,15-16,23-24H,1-2,5-14H2/b21-19-. The van der Waals surface area contributed by atoms with Crippen LogP contribution in [0.1, 0.15) is 37.7 Å². The molecule has 3 fully saturated rings. The first-order valence-corrected chi connectivity index (χ1v) is 10.8. The van der Waals surface area contributed by atoms with E-state index in [0.717, 1.165) is 87.7 Å². The first kappa shape index (κ1) is 18.0. The monoisotopic (exact) mass is 382 g/mol. The Hall–Kier alpha value is -2.05. The topological polar surface area (TPSA) is 56.8 Å². The quantitative estimate of drug-likeness (QED) is 0.768. The summed E-state index contributed by atoms with van der Waals surface area (Å²) in [5, 5.41) is 6.96. The van der Waals surface area contributed by atoms with Gasteiger partial charge in [-0.25, -0.2) is 0 Å². The normalized spacial score (nSPS) is 26.4. The minimum atomic E-state index is 0.171. The summed E-state index contributed by atoms with van der Waals surface area (Å²) in [7, 11) is 0. The Kier molecular flexibility index (Phi) is 4.99. The zero-order valence-electron chi connectivity index (χ0n) is 16.5. The van der Waals surface area contributed by atoms with E-state index in [0.29, 0.717) is 0 Å². The van der Waals surface area contributed by atoms with Gasteiger partial charge >= 0.3 is 0 Å². The average Bonchev–Trinajstić information content (AvgIpc) is 3.27. The van der Waals surface area contributed by atoms with Crippen LogP contribution in [0, 0.1) is 0 Å². The van der Waals surface area contributed by atoms with Crippen LogP contribution in [0.3, 0.4) is 0 Å². The highest BCUT2D eigenvalue weighted by Gasteiger charge is 2.39. The number of rotatable bonds is 2. The second-order valence-corrected chi connectivity index (χ2v) is 8.19. The molecule has 0 saturated carbocycles. The molecular formula is C22H30N4O2. The molecular weight excluding hydrogens is 352 g/mol. The maximum absolute atomic E-state index is 13.7. The molecule has 2 N–H and O–H groups in total. The molecule has 0 aliphatic carbocycles. The molecule has 5 rings (SSSR count). The number of anilines is 2. The number of amides is 1. The summed E-state index contributed by atoms with van der Waals surface area (Å²) >= 11 is 0. The lowest BCUT2D eigenvalue weighted by atomic mass is 10.0. The lowest BCUT2D eigenvalue weighted by Crippen LogP contribution is -2.41. The van der Waals surface area contributed by atoms with E-state index < -0.39 is 0 Å². The average molecular weight is 383 g/mol. The summed E-state index contributed by atoms with van der Waals surface area (Å²) in [5.74, 6) is 0.171. The van der Waals surface area contributed by atoms with Crippen LogP contribution in [0.2, 0.25) is 0 Å². The summed E-state index contributed by atoms with van der Waals surface area (Å²) in [6.45, 7) is 6.43. The van der Waals surface area contributed by atoms with E-state index in [1.807, 2.05) is 0 Å². The van der Waals surface area contributed by atoms with Crippen molar-refractivity contribution in [2.24, 2.45) is 0 Å². The fraction of sp³-hybridized carbons (Fsp3) is 0.591. The third-order valence-electron chi connectivity index (χ3n) is 6.46. The minimum Gasteiger partial charge on any atom is -0.386 e. The molecule has 4 aliphatic heterocycles. The van der Waals surface area contributed by atoms with E-state index in [1.54, 1.807) is 0 Å². The molecule has 1 amide bonds. The Morgan fingerprint density at radius 2 is 1.86 bits per heavy atom. The lowest BCUT2D eigenvalue weighted by Gasteiger charge is -2.31. The Bertz CT molecular complexity index is 769. The Labute approximate surface area is 166 Å². The van der Waals surface area contributed by atoms with E-state index in [2.05, 4.69) is 38.6 Å². The lowest BCUT2D eigenvalue weighted by molar-refractivity contribution is -0.113. The number of nitrogens with zero attached hydrogens (tertiary/aromatic N) is 2. The third kappa shape index (κ3) is 3.18. The first-order chi connectivity index (χ1) is 13.8. The SMILES string of the molecule is O=C1/C(=C2/CCNCCN2)c2cc(N3CCCC3)ccc2N1C1CCOCC1. The number of ether oxygens (including phenoxy) is 1. The van der Waals surface area contributed by atoms with Crippen LogP contribution in [0.15, 0.2) is 23.9 Å². The van der Waals surface area contributed by atoms with Crippen LogP contribution < -0.4 is 20.4 Å². The van der Waals surface area contributed by atoms with E-state index in [9.17, 15) is 4.79 Å². The molecule has 0 unspecified atom stereocenters. The van der Waals surface area contributed by atoms with Gasteiger partial charge in [-0.05, 0) is 43.9 Å². The van der Waals surface area contributed by atoms with Crippen molar-refractivity contribution in [3.63, 3.8) is 0 Å². The summed E-state index contributed by atoms with van der Waals surface area (Å²) < 4.78 is 5.55. The fourth-order valence-electron chi connectivity index (χ4n) is 4.99. The number of hydrogen-bond donors (Lipinski definition) is 2. The highest BCUT2D eigenvalue weighted by atomic mass is 16.5. The van der Waals surface area contributed by atoms with Crippen LogP contribution in [-0.4, -0.2) is 57.9 Å². The fourth-order valence-corrected chi connectivity index (χ4v) is 4.99. The first-order valence-electron chi connectivity index (χ1n) is 10.8. The van der Waals surface area contributed by atoms with Gasteiger partial charge in [-0.15, -0.1) is 0 Å². The maximum Gasteiger partial charge on any atom is 0.260 e. The largest absolute Gasteiger partial charge is 0.386 e. The van der Waals surface area contributed by atoms with Crippen molar-refractivity contribution >= 4 is 22.9 Å². The van der Waals surface area contributed by atoms with Gasteiger partial charge in [0.15, 0.2) is 0 Å². The van der Waals surface area contributed by atoms with Crippen molar-refractivity contribution in [1.82, 2.24) is 10.6 Å². The Morgan fingerprint density at radius 3 is 2.68 bits per heavy atom. The molecule has 1 aromatic carbocycles. The molecule has 6 heteroatoms. The van der Waals surface area contributed by atoms with Gasteiger partial charge in [0.25, 0.3) is 5.91 Å². The second-order valence-electron chi connectivity index (χ2n) is 8.19. The van der Waals surface area contributed by atoms with Gasteiger partial charge in [0.05, 0.1) is 11.3 Å². The maximum atomic E-state index is 13.7. The van der Waals surface area contributed by atoms with E-state index in [4.69, 9.17) is 4.74 Å².